The molecule has 27 heavy (non-hydrogen) atoms. The van der Waals surface area contributed by atoms with Gasteiger partial charge in [0.15, 0.2) is 0 Å². The van der Waals surface area contributed by atoms with Gasteiger partial charge in [-0.2, -0.15) is 0 Å². The molecule has 0 radical (unpaired) electrons. The molecule has 0 spiro atoms. The predicted octanol–water partition coefficient (Wildman–Crippen LogP) is 1.79. The average molecular weight is 372 g/mol. The predicted molar refractivity (Wildman–Crippen MR) is 101 cm³/mol. The lowest BCUT2D eigenvalue weighted by molar-refractivity contribution is -0.122. The van der Waals surface area contributed by atoms with Crippen LogP contribution in [0.2, 0.25) is 0 Å². The number of urea groups is 1. The van der Waals surface area contributed by atoms with E-state index < -0.39 is 11.9 Å². The number of carbonyl (C=O) groups excluding carboxylic acids is 3. The number of nitrogens with zero attached hydrogens (tertiary/aromatic N) is 1. The number of hydrogen-bond donors (Lipinski definition) is 3. The molecule has 1 heterocycles. The monoisotopic (exact) mass is 372 g/mol. The summed E-state index contributed by atoms with van der Waals surface area (Å²) >= 11 is 0. The molecule has 0 saturated heterocycles. The van der Waals surface area contributed by atoms with Crippen LogP contribution in [-0.2, 0) is 16.1 Å². The maximum absolute atomic E-state index is 12.1. The van der Waals surface area contributed by atoms with E-state index in [0.29, 0.717) is 5.76 Å². The van der Waals surface area contributed by atoms with E-state index in [2.05, 4.69) is 16.0 Å². The average Bonchev–Trinajstić information content (AvgIpc) is 3.09. The Balaban J connectivity index is 1.72. The van der Waals surface area contributed by atoms with E-state index in [4.69, 9.17) is 4.42 Å². The summed E-state index contributed by atoms with van der Waals surface area (Å²) in [5.41, 5.74) is 2.75. The third-order valence-corrected chi connectivity index (χ3v) is 3.75. The van der Waals surface area contributed by atoms with Gasteiger partial charge in [0.2, 0.25) is 11.8 Å². The molecule has 2 rings (SSSR count). The third kappa shape index (κ3) is 6.95. The number of nitrogens with one attached hydrogen (secondary N) is 3. The third-order valence-electron chi connectivity index (χ3n) is 3.75. The van der Waals surface area contributed by atoms with Crippen molar-refractivity contribution in [2.24, 2.45) is 0 Å². The summed E-state index contributed by atoms with van der Waals surface area (Å²) in [5, 5.41) is 7.55. The summed E-state index contributed by atoms with van der Waals surface area (Å²) in [5.74, 6) is -0.159. The van der Waals surface area contributed by atoms with Gasteiger partial charge in [-0.3, -0.25) is 19.8 Å². The minimum absolute atomic E-state index is 0.0226. The van der Waals surface area contributed by atoms with Gasteiger partial charge in [0.1, 0.15) is 5.76 Å². The minimum atomic E-state index is -0.621. The van der Waals surface area contributed by atoms with Crippen LogP contribution in [0.1, 0.15) is 16.9 Å². The summed E-state index contributed by atoms with van der Waals surface area (Å²) in [6.07, 6.45) is 1.50. The lowest BCUT2D eigenvalue weighted by atomic mass is 10.1. The highest BCUT2D eigenvalue weighted by molar-refractivity contribution is 5.96. The van der Waals surface area contributed by atoms with Crippen LogP contribution in [0.4, 0.5) is 10.5 Å². The number of aryl methyl sites for hydroxylation is 2. The van der Waals surface area contributed by atoms with Gasteiger partial charge in [0, 0.05) is 5.69 Å². The number of imide groups is 1. The van der Waals surface area contributed by atoms with Crippen molar-refractivity contribution < 1.29 is 18.8 Å². The van der Waals surface area contributed by atoms with E-state index in [9.17, 15) is 14.4 Å². The van der Waals surface area contributed by atoms with Crippen molar-refractivity contribution in [3.8, 4) is 0 Å². The molecule has 8 heteroatoms. The van der Waals surface area contributed by atoms with Crippen LogP contribution in [0.3, 0.4) is 0 Å². The van der Waals surface area contributed by atoms with Crippen LogP contribution >= 0.6 is 0 Å². The van der Waals surface area contributed by atoms with Gasteiger partial charge >= 0.3 is 6.03 Å². The maximum atomic E-state index is 12.1. The summed E-state index contributed by atoms with van der Waals surface area (Å²) in [6.45, 7) is 3.97. The van der Waals surface area contributed by atoms with Crippen LogP contribution in [0, 0.1) is 13.8 Å². The molecule has 0 atom stereocenters. The fourth-order valence-corrected chi connectivity index (χ4v) is 2.40. The van der Waals surface area contributed by atoms with Crippen LogP contribution < -0.4 is 16.0 Å². The van der Waals surface area contributed by atoms with Crippen molar-refractivity contribution in [2.45, 2.75) is 20.4 Å². The molecule has 3 N–H and O–H groups in total. The Kier molecular flexibility index (Phi) is 7.13. The molecule has 0 aliphatic rings. The highest BCUT2D eigenvalue weighted by Crippen LogP contribution is 2.16. The van der Waals surface area contributed by atoms with Gasteiger partial charge in [-0.1, -0.05) is 12.1 Å². The molecule has 1 aromatic heterocycles. The highest BCUT2D eigenvalue weighted by atomic mass is 16.3. The molecule has 0 saturated carbocycles. The second-order valence-corrected chi connectivity index (χ2v) is 6.35. The fraction of sp³-hybridized carbons (Fsp3) is 0.316. The summed E-state index contributed by atoms with van der Waals surface area (Å²) in [4.78, 5) is 37.2. The van der Waals surface area contributed by atoms with Crippen molar-refractivity contribution in [3.05, 3.63) is 53.5 Å². The van der Waals surface area contributed by atoms with Gasteiger partial charge in [0.05, 0.1) is 25.9 Å². The molecule has 0 bridgehead atoms. The normalized spacial score (nSPS) is 10.5. The van der Waals surface area contributed by atoms with Gasteiger partial charge < -0.3 is 15.1 Å². The van der Waals surface area contributed by atoms with E-state index >= 15 is 0 Å². The zero-order valence-corrected chi connectivity index (χ0v) is 15.7. The SMILES string of the molecule is Cc1ccc(C)c(NC(=O)CN(C)CC(=O)NC(=O)NCc2ccco2)c1. The van der Waals surface area contributed by atoms with E-state index in [-0.39, 0.29) is 25.5 Å². The Morgan fingerprint density at radius 1 is 1.07 bits per heavy atom. The van der Waals surface area contributed by atoms with Crippen LogP contribution in [0.15, 0.2) is 41.0 Å². The zero-order valence-electron chi connectivity index (χ0n) is 15.7. The molecule has 144 valence electrons. The molecule has 0 fully saturated rings. The summed E-state index contributed by atoms with van der Waals surface area (Å²) < 4.78 is 5.08. The van der Waals surface area contributed by atoms with Crippen LogP contribution in [-0.4, -0.2) is 42.9 Å². The summed E-state index contributed by atoms with van der Waals surface area (Å²) in [6, 6.07) is 8.60. The van der Waals surface area contributed by atoms with Crippen LogP contribution in [0.5, 0.6) is 0 Å². The first-order chi connectivity index (χ1) is 12.8. The minimum Gasteiger partial charge on any atom is -0.467 e. The number of anilines is 1. The zero-order chi connectivity index (χ0) is 19.8. The number of amides is 4. The second-order valence-electron chi connectivity index (χ2n) is 6.35. The lowest BCUT2D eigenvalue weighted by Gasteiger charge is -2.16. The molecule has 8 nitrogen and oxygen atoms in total. The Hall–Kier alpha value is -3.13. The number of furan rings is 1. The molecule has 2 aromatic rings. The molecule has 0 aliphatic heterocycles. The van der Waals surface area contributed by atoms with E-state index in [1.165, 1.54) is 11.2 Å². The molecule has 0 aliphatic carbocycles. The number of rotatable bonds is 7. The Bertz CT molecular complexity index is 802. The maximum Gasteiger partial charge on any atom is 0.321 e. The molecular weight excluding hydrogens is 348 g/mol. The van der Waals surface area contributed by atoms with E-state index in [1.807, 2.05) is 32.0 Å². The van der Waals surface area contributed by atoms with Crippen molar-refractivity contribution in [3.63, 3.8) is 0 Å². The lowest BCUT2D eigenvalue weighted by Crippen LogP contribution is -2.44. The molecule has 4 amide bonds. The van der Waals surface area contributed by atoms with Crippen molar-refractivity contribution in [1.82, 2.24) is 15.5 Å². The number of likely N-dealkylation sites (N-methyl/N-ethyl adjacent to an activating group) is 1. The Morgan fingerprint density at radius 3 is 2.52 bits per heavy atom. The van der Waals surface area contributed by atoms with Crippen molar-refractivity contribution in [1.29, 1.82) is 0 Å². The van der Waals surface area contributed by atoms with Crippen LogP contribution in [0.25, 0.3) is 0 Å². The summed E-state index contributed by atoms with van der Waals surface area (Å²) in [7, 11) is 1.63. The number of carbonyl (C=O) groups is 3. The van der Waals surface area contributed by atoms with E-state index in [1.54, 1.807) is 19.2 Å². The Morgan fingerprint density at radius 2 is 1.81 bits per heavy atom. The first kappa shape index (κ1) is 20.2. The fourth-order valence-electron chi connectivity index (χ4n) is 2.40. The largest absolute Gasteiger partial charge is 0.467 e. The van der Waals surface area contributed by atoms with Gasteiger partial charge in [-0.05, 0) is 50.2 Å². The van der Waals surface area contributed by atoms with E-state index in [0.717, 1.165) is 16.8 Å². The van der Waals surface area contributed by atoms with Crippen molar-refractivity contribution >= 4 is 23.5 Å². The van der Waals surface area contributed by atoms with Gasteiger partial charge in [-0.15, -0.1) is 0 Å². The van der Waals surface area contributed by atoms with Crippen molar-refractivity contribution in [2.75, 3.05) is 25.5 Å². The number of hydrogen-bond acceptors (Lipinski definition) is 5. The standard InChI is InChI=1S/C19H24N4O4/c1-13-6-7-14(2)16(9-13)21-17(24)11-23(3)12-18(25)22-19(26)20-10-15-5-4-8-27-15/h4-9H,10-12H2,1-3H3,(H,21,24)(H2,20,22,25,26). The second kappa shape index (κ2) is 9.54. The molecular formula is C19H24N4O4. The quantitative estimate of drug-likeness (QED) is 0.687. The first-order valence-corrected chi connectivity index (χ1v) is 8.49. The molecule has 1 aromatic carbocycles. The molecule has 0 unspecified atom stereocenters. The first-order valence-electron chi connectivity index (χ1n) is 8.49. The smallest absolute Gasteiger partial charge is 0.321 e. The number of benzene rings is 1. The van der Waals surface area contributed by atoms with Gasteiger partial charge in [-0.25, -0.2) is 4.79 Å². The van der Waals surface area contributed by atoms with Gasteiger partial charge in [0.25, 0.3) is 0 Å². The Labute approximate surface area is 157 Å². The highest BCUT2D eigenvalue weighted by Gasteiger charge is 2.14. The topological polar surface area (TPSA) is 104 Å².